The van der Waals surface area contributed by atoms with Gasteiger partial charge in [0.05, 0.1) is 13.2 Å². The van der Waals surface area contributed by atoms with Gasteiger partial charge in [-0.3, -0.25) is 4.79 Å². The number of carbonyl (C=O) groups excluding carboxylic acids is 1. The largest absolute Gasteiger partial charge is 0.494 e. The van der Waals surface area contributed by atoms with E-state index in [1.54, 1.807) is 72.8 Å². The van der Waals surface area contributed by atoms with Gasteiger partial charge in [0, 0.05) is 32.8 Å². The standard InChI is InChI=1S/C41H39N3O7S2/c1-4-6-25-48-32-18-20-34(21-19-32)52-39-23-17-31(27-40(39)53(46,47)51-33-12-8-7-9-13-33)35-14-10-11-15-36(35)41(50-29(3)45)37-26-30(28-43-44-42)16-22-38(37)49-24-5-2/h5,7-23,26-27,41H,2,4,6,24-25,28H2,1,3H3. The molecular formula is C41H39N3O7S2. The Morgan fingerprint density at radius 1 is 0.906 bits per heavy atom. The van der Waals surface area contributed by atoms with Crippen LogP contribution in [-0.2, 0) is 26.2 Å². The molecular weight excluding hydrogens is 711 g/mol. The molecule has 10 nitrogen and oxygen atoms in total. The molecule has 0 aliphatic carbocycles. The summed E-state index contributed by atoms with van der Waals surface area (Å²) < 4.78 is 51.5. The number of carbonyl (C=O) groups is 1. The molecule has 0 aliphatic rings. The lowest BCUT2D eigenvalue weighted by Crippen LogP contribution is -2.14. The van der Waals surface area contributed by atoms with E-state index in [4.69, 9.17) is 23.9 Å². The molecule has 0 amide bonds. The van der Waals surface area contributed by atoms with Crippen molar-refractivity contribution >= 4 is 27.8 Å². The monoisotopic (exact) mass is 749 g/mol. The highest BCUT2D eigenvalue weighted by Gasteiger charge is 2.28. The molecule has 0 aromatic heterocycles. The van der Waals surface area contributed by atoms with Gasteiger partial charge in [0.15, 0.2) is 6.10 Å². The molecule has 5 aromatic carbocycles. The summed E-state index contributed by atoms with van der Waals surface area (Å²) in [6, 6.07) is 33.4. The average Bonchev–Trinajstić information content (AvgIpc) is 3.16. The van der Waals surface area contributed by atoms with E-state index in [0.29, 0.717) is 45.1 Å². The van der Waals surface area contributed by atoms with Crippen molar-refractivity contribution in [2.75, 3.05) is 13.2 Å². The Morgan fingerprint density at radius 2 is 1.66 bits per heavy atom. The molecule has 0 spiro atoms. The van der Waals surface area contributed by atoms with Crippen LogP contribution in [0.3, 0.4) is 0 Å². The van der Waals surface area contributed by atoms with Gasteiger partial charge in [-0.15, -0.1) is 0 Å². The summed E-state index contributed by atoms with van der Waals surface area (Å²) in [5.74, 6) is 0.792. The number of hydrogen-bond acceptors (Lipinski definition) is 9. The molecule has 0 heterocycles. The maximum absolute atomic E-state index is 14.1. The molecule has 53 heavy (non-hydrogen) atoms. The Hall–Kier alpha value is -5.68. The van der Waals surface area contributed by atoms with Crippen molar-refractivity contribution in [3.63, 3.8) is 0 Å². The summed E-state index contributed by atoms with van der Waals surface area (Å²) in [6.07, 6.45) is 2.59. The SMILES string of the molecule is C=CCOc1ccc(CN=[N+]=[N-])cc1C(OC(C)=O)c1ccccc1-c1ccc(Sc2ccc(OCCCC)cc2)c(S(=O)(=O)Oc2ccccc2)c1. The molecule has 5 aromatic rings. The Labute approximate surface area is 314 Å². The molecule has 5 rings (SSSR count). The van der Waals surface area contributed by atoms with Gasteiger partial charge in [0.1, 0.15) is 28.8 Å². The van der Waals surface area contributed by atoms with E-state index in [0.717, 1.165) is 23.5 Å². The molecule has 0 aliphatic heterocycles. The minimum Gasteiger partial charge on any atom is -0.494 e. The average molecular weight is 750 g/mol. The third kappa shape index (κ3) is 10.4. The van der Waals surface area contributed by atoms with Crippen molar-refractivity contribution in [2.45, 2.75) is 54.0 Å². The maximum Gasteiger partial charge on any atom is 0.340 e. The second-order valence-corrected chi connectivity index (χ2v) is 14.4. The van der Waals surface area contributed by atoms with E-state index in [1.165, 1.54) is 18.7 Å². The van der Waals surface area contributed by atoms with Crippen LogP contribution in [0.1, 0.15) is 49.5 Å². The molecule has 0 fully saturated rings. The lowest BCUT2D eigenvalue weighted by molar-refractivity contribution is -0.144. The van der Waals surface area contributed by atoms with Gasteiger partial charge in [-0.25, -0.2) is 0 Å². The Kier molecular flexibility index (Phi) is 13.6. The third-order valence-corrected chi connectivity index (χ3v) is 10.3. The normalized spacial score (nSPS) is 11.5. The number of ether oxygens (including phenoxy) is 3. The van der Waals surface area contributed by atoms with Crippen molar-refractivity contribution in [3.8, 4) is 28.4 Å². The minimum absolute atomic E-state index is 0.0441. The second-order valence-electron chi connectivity index (χ2n) is 11.7. The van der Waals surface area contributed by atoms with Crippen molar-refractivity contribution < 1.29 is 31.6 Å². The quantitative estimate of drug-likeness (QED) is 0.0164. The smallest absolute Gasteiger partial charge is 0.340 e. The maximum atomic E-state index is 14.1. The van der Waals surface area contributed by atoms with Gasteiger partial charge in [0.25, 0.3) is 0 Å². The van der Waals surface area contributed by atoms with E-state index in [2.05, 4.69) is 23.5 Å². The Bertz CT molecular complexity index is 2190. The van der Waals surface area contributed by atoms with E-state index in [9.17, 15) is 13.2 Å². The zero-order chi connectivity index (χ0) is 37.6. The van der Waals surface area contributed by atoms with E-state index in [-0.39, 0.29) is 23.8 Å². The number of azide groups is 1. The van der Waals surface area contributed by atoms with Crippen molar-refractivity contribution in [1.29, 1.82) is 0 Å². The zero-order valence-corrected chi connectivity index (χ0v) is 31.0. The van der Waals surface area contributed by atoms with E-state index >= 15 is 0 Å². The molecule has 0 saturated carbocycles. The fourth-order valence-electron chi connectivity index (χ4n) is 5.41. The molecule has 0 bridgehead atoms. The van der Waals surface area contributed by atoms with Crippen LogP contribution in [0.15, 0.2) is 148 Å². The topological polar surface area (TPSA) is 137 Å². The summed E-state index contributed by atoms with van der Waals surface area (Å²) >= 11 is 1.28. The van der Waals surface area contributed by atoms with Crippen LogP contribution in [-0.4, -0.2) is 27.6 Å². The van der Waals surface area contributed by atoms with Gasteiger partial charge in [0.2, 0.25) is 0 Å². The molecule has 1 atom stereocenters. The first-order valence-electron chi connectivity index (χ1n) is 16.9. The third-order valence-electron chi connectivity index (χ3n) is 7.85. The van der Waals surface area contributed by atoms with Crippen LogP contribution < -0.4 is 13.7 Å². The first-order chi connectivity index (χ1) is 25.7. The van der Waals surface area contributed by atoms with Gasteiger partial charge in [-0.1, -0.05) is 97.5 Å². The number of rotatable bonds is 18. The Morgan fingerprint density at radius 3 is 2.38 bits per heavy atom. The lowest BCUT2D eigenvalue weighted by Gasteiger charge is -2.24. The predicted octanol–water partition coefficient (Wildman–Crippen LogP) is 10.5. The highest BCUT2D eigenvalue weighted by molar-refractivity contribution is 8.00. The van der Waals surface area contributed by atoms with Gasteiger partial charge >= 0.3 is 16.1 Å². The van der Waals surface area contributed by atoms with Gasteiger partial charge < -0.3 is 18.4 Å². The highest BCUT2D eigenvalue weighted by atomic mass is 32.2. The van der Waals surface area contributed by atoms with Gasteiger partial charge in [-0.2, -0.15) is 8.42 Å². The van der Waals surface area contributed by atoms with Crippen LogP contribution in [0.5, 0.6) is 17.2 Å². The summed E-state index contributed by atoms with van der Waals surface area (Å²) in [7, 11) is -4.35. The molecule has 0 saturated heterocycles. The predicted molar refractivity (Wildman–Crippen MR) is 206 cm³/mol. The van der Waals surface area contributed by atoms with Crippen LogP contribution in [0.25, 0.3) is 21.6 Å². The van der Waals surface area contributed by atoms with E-state index in [1.807, 2.05) is 48.5 Å². The summed E-state index contributed by atoms with van der Waals surface area (Å²) in [6.45, 7) is 8.02. The number of benzene rings is 5. The molecule has 0 radical (unpaired) electrons. The number of esters is 1. The van der Waals surface area contributed by atoms with Crippen LogP contribution in [0.2, 0.25) is 0 Å². The molecule has 12 heteroatoms. The van der Waals surface area contributed by atoms with Crippen LogP contribution >= 0.6 is 11.8 Å². The van der Waals surface area contributed by atoms with Gasteiger partial charge in [-0.05, 0) is 89.3 Å². The van der Waals surface area contributed by atoms with Crippen molar-refractivity contribution in [1.82, 2.24) is 0 Å². The van der Waals surface area contributed by atoms with Crippen LogP contribution in [0.4, 0.5) is 0 Å². The summed E-state index contributed by atoms with van der Waals surface area (Å²) in [5, 5.41) is 3.69. The lowest BCUT2D eigenvalue weighted by atomic mass is 9.91. The first kappa shape index (κ1) is 38.5. The molecule has 0 N–H and O–H groups in total. The van der Waals surface area contributed by atoms with Crippen LogP contribution in [0, 0.1) is 0 Å². The second kappa shape index (κ2) is 18.7. The number of nitrogens with zero attached hydrogens (tertiary/aromatic N) is 3. The zero-order valence-electron chi connectivity index (χ0n) is 29.4. The fourth-order valence-corrected chi connectivity index (χ4v) is 7.70. The van der Waals surface area contributed by atoms with E-state index < -0.39 is 22.2 Å². The fraction of sp³-hybridized carbons (Fsp3) is 0.195. The highest BCUT2D eigenvalue weighted by Crippen LogP contribution is 2.42. The number of unbranched alkanes of at least 4 members (excludes halogenated alkanes) is 1. The summed E-state index contributed by atoms with van der Waals surface area (Å²) in [4.78, 5) is 16.7. The van der Waals surface area contributed by atoms with Crippen molar-refractivity contribution in [2.24, 2.45) is 5.11 Å². The first-order valence-corrected chi connectivity index (χ1v) is 19.1. The van der Waals surface area contributed by atoms with Crippen molar-refractivity contribution in [3.05, 3.63) is 155 Å². The summed E-state index contributed by atoms with van der Waals surface area (Å²) in [5.41, 5.74) is 11.8. The molecule has 1 unspecified atom stereocenters. The minimum atomic E-state index is -4.35. The Balaban J connectivity index is 1.62. The molecule has 272 valence electrons. The number of hydrogen-bond donors (Lipinski definition) is 0. The number of para-hydroxylation sites is 1.